The van der Waals surface area contributed by atoms with E-state index in [0.29, 0.717) is 73.8 Å². The SMILES string of the molecule is O=C1C=CC(=O)c2cc3c(cc21)OCCOCCOc1cc2ccccc2cc1OCCOCCO3. The van der Waals surface area contributed by atoms with E-state index in [4.69, 9.17) is 28.4 Å². The van der Waals surface area contributed by atoms with Crippen molar-refractivity contribution in [1.82, 2.24) is 0 Å². The van der Waals surface area contributed by atoms with Crippen molar-refractivity contribution in [1.29, 1.82) is 0 Å². The first-order valence-corrected chi connectivity index (χ1v) is 11.8. The van der Waals surface area contributed by atoms with E-state index in [1.807, 2.05) is 36.4 Å². The van der Waals surface area contributed by atoms with Crippen LogP contribution >= 0.6 is 0 Å². The third kappa shape index (κ3) is 5.50. The van der Waals surface area contributed by atoms with Crippen LogP contribution in [0.3, 0.4) is 0 Å². The average Bonchev–Trinajstić information content (AvgIpc) is 2.89. The van der Waals surface area contributed by atoms with Gasteiger partial charge < -0.3 is 28.4 Å². The van der Waals surface area contributed by atoms with E-state index in [1.165, 1.54) is 12.2 Å². The molecule has 0 spiro atoms. The van der Waals surface area contributed by atoms with Crippen LogP contribution in [0.5, 0.6) is 23.0 Å². The molecule has 1 aliphatic heterocycles. The van der Waals surface area contributed by atoms with Crippen molar-refractivity contribution in [3.8, 4) is 23.0 Å². The fourth-order valence-electron chi connectivity index (χ4n) is 3.99. The first-order chi connectivity index (χ1) is 17.7. The van der Waals surface area contributed by atoms with Gasteiger partial charge in [-0.3, -0.25) is 9.59 Å². The fourth-order valence-corrected chi connectivity index (χ4v) is 3.99. The van der Waals surface area contributed by atoms with Crippen LogP contribution in [0.4, 0.5) is 0 Å². The molecule has 1 heterocycles. The first kappa shape index (κ1) is 23.8. The Morgan fingerprint density at radius 1 is 0.472 bits per heavy atom. The van der Waals surface area contributed by atoms with Crippen molar-refractivity contribution < 1.29 is 38.0 Å². The molecule has 2 aliphatic rings. The minimum atomic E-state index is -0.250. The van der Waals surface area contributed by atoms with Gasteiger partial charge in [-0.25, -0.2) is 0 Å². The normalized spacial score (nSPS) is 17.2. The Bertz CT molecular complexity index is 1200. The number of allylic oxidation sites excluding steroid dienone is 2. The molecule has 1 aliphatic carbocycles. The number of fused-ring (bicyclic) bond motifs is 4. The van der Waals surface area contributed by atoms with E-state index in [-0.39, 0.29) is 24.8 Å². The summed E-state index contributed by atoms with van der Waals surface area (Å²) in [5, 5.41) is 2.11. The van der Waals surface area contributed by atoms with Crippen LogP contribution in [0.1, 0.15) is 20.7 Å². The summed E-state index contributed by atoms with van der Waals surface area (Å²) in [5.74, 6) is 1.53. The smallest absolute Gasteiger partial charge is 0.186 e. The molecular formula is C28H26O8. The molecule has 0 unspecified atom stereocenters. The molecule has 3 aromatic rings. The molecule has 0 bridgehead atoms. The summed E-state index contributed by atoms with van der Waals surface area (Å²) in [4.78, 5) is 24.5. The second-order valence-electron chi connectivity index (χ2n) is 8.17. The van der Waals surface area contributed by atoms with Crippen LogP contribution in [0.15, 0.2) is 60.7 Å². The minimum Gasteiger partial charge on any atom is -0.487 e. The zero-order valence-corrected chi connectivity index (χ0v) is 19.7. The zero-order valence-electron chi connectivity index (χ0n) is 19.7. The molecule has 8 heteroatoms. The highest BCUT2D eigenvalue weighted by Gasteiger charge is 2.23. The predicted molar refractivity (Wildman–Crippen MR) is 132 cm³/mol. The third-order valence-electron chi connectivity index (χ3n) is 5.75. The van der Waals surface area contributed by atoms with Crippen molar-refractivity contribution in [3.63, 3.8) is 0 Å². The Morgan fingerprint density at radius 3 is 1.22 bits per heavy atom. The molecule has 0 N–H and O–H groups in total. The van der Waals surface area contributed by atoms with Crippen LogP contribution in [-0.2, 0) is 9.47 Å². The van der Waals surface area contributed by atoms with Crippen molar-refractivity contribution in [2.75, 3.05) is 52.9 Å². The van der Waals surface area contributed by atoms with Gasteiger partial charge in [0.25, 0.3) is 0 Å². The third-order valence-corrected chi connectivity index (χ3v) is 5.75. The number of hydrogen-bond donors (Lipinski definition) is 0. The maximum atomic E-state index is 12.3. The van der Waals surface area contributed by atoms with Crippen molar-refractivity contribution >= 4 is 22.3 Å². The molecule has 5 rings (SSSR count). The lowest BCUT2D eigenvalue weighted by molar-refractivity contribution is 0.0640. The topological polar surface area (TPSA) is 89.5 Å². The van der Waals surface area contributed by atoms with E-state index >= 15 is 0 Å². The van der Waals surface area contributed by atoms with E-state index in [0.717, 1.165) is 10.8 Å². The Kier molecular flexibility index (Phi) is 7.44. The number of benzene rings is 3. The standard InChI is InChI=1S/C28H26O8/c29-23-5-6-24(30)22-18-28-27(17-21(22)23)35-13-9-31-7-11-33-25-15-19-3-1-2-4-20(19)16-26(25)34-12-8-32-10-14-36-28/h1-6,15-18H,7-14H2. The summed E-state index contributed by atoms with van der Waals surface area (Å²) in [6.45, 7) is 2.44. The Labute approximate surface area is 208 Å². The van der Waals surface area contributed by atoms with Crippen molar-refractivity contribution in [2.45, 2.75) is 0 Å². The van der Waals surface area contributed by atoms with E-state index in [1.54, 1.807) is 12.1 Å². The highest BCUT2D eigenvalue weighted by Crippen LogP contribution is 2.34. The zero-order chi connectivity index (χ0) is 24.7. The summed E-state index contributed by atoms with van der Waals surface area (Å²) in [6, 6.07) is 15.0. The number of carbonyl (C=O) groups is 2. The summed E-state index contributed by atoms with van der Waals surface area (Å²) >= 11 is 0. The van der Waals surface area contributed by atoms with E-state index in [9.17, 15) is 9.59 Å². The fraction of sp³-hybridized carbons (Fsp3) is 0.286. The molecule has 0 atom stereocenters. The molecule has 8 nitrogen and oxygen atoms in total. The summed E-state index contributed by atoms with van der Waals surface area (Å²) in [7, 11) is 0. The molecule has 186 valence electrons. The predicted octanol–water partition coefficient (Wildman–Crippen LogP) is 4.04. The van der Waals surface area contributed by atoms with Gasteiger partial charge in [0, 0.05) is 11.1 Å². The highest BCUT2D eigenvalue weighted by atomic mass is 16.6. The van der Waals surface area contributed by atoms with Crippen LogP contribution in [0, 0.1) is 0 Å². The maximum Gasteiger partial charge on any atom is 0.186 e. The molecule has 3 aromatic carbocycles. The lowest BCUT2D eigenvalue weighted by Gasteiger charge is -2.18. The van der Waals surface area contributed by atoms with Gasteiger partial charge in [-0.05, 0) is 47.2 Å². The summed E-state index contributed by atoms with van der Waals surface area (Å²) in [6.07, 6.45) is 2.53. The summed E-state index contributed by atoms with van der Waals surface area (Å²) < 4.78 is 34.9. The molecule has 0 radical (unpaired) electrons. The maximum absolute atomic E-state index is 12.3. The molecule has 36 heavy (non-hydrogen) atoms. The van der Waals surface area contributed by atoms with E-state index in [2.05, 4.69) is 0 Å². The molecular weight excluding hydrogens is 464 g/mol. The second kappa shape index (κ2) is 11.2. The van der Waals surface area contributed by atoms with Crippen LogP contribution in [0.2, 0.25) is 0 Å². The van der Waals surface area contributed by atoms with Gasteiger partial charge in [0.15, 0.2) is 34.6 Å². The van der Waals surface area contributed by atoms with E-state index < -0.39 is 0 Å². The number of carbonyl (C=O) groups excluding carboxylic acids is 2. The number of hydrogen-bond acceptors (Lipinski definition) is 8. The van der Waals surface area contributed by atoms with Gasteiger partial charge in [0.1, 0.15) is 26.4 Å². The quantitative estimate of drug-likeness (QED) is 0.467. The van der Waals surface area contributed by atoms with Crippen LogP contribution < -0.4 is 18.9 Å². The monoisotopic (exact) mass is 490 g/mol. The highest BCUT2D eigenvalue weighted by molar-refractivity contribution is 6.22. The number of ketones is 2. The largest absolute Gasteiger partial charge is 0.487 e. The molecule has 0 saturated carbocycles. The van der Waals surface area contributed by atoms with Crippen LogP contribution in [0.25, 0.3) is 10.8 Å². The van der Waals surface area contributed by atoms with Crippen molar-refractivity contribution in [3.05, 3.63) is 71.8 Å². The number of rotatable bonds is 0. The molecule has 0 aromatic heterocycles. The van der Waals surface area contributed by atoms with Gasteiger partial charge in [0.2, 0.25) is 0 Å². The summed E-state index contributed by atoms with van der Waals surface area (Å²) in [5.41, 5.74) is 0.585. The van der Waals surface area contributed by atoms with Gasteiger partial charge in [0.05, 0.1) is 26.4 Å². The Balaban J connectivity index is 1.28. The average molecular weight is 491 g/mol. The van der Waals surface area contributed by atoms with Crippen molar-refractivity contribution in [2.24, 2.45) is 0 Å². The first-order valence-electron chi connectivity index (χ1n) is 11.8. The lowest BCUT2D eigenvalue weighted by Crippen LogP contribution is -2.17. The molecule has 0 amide bonds. The van der Waals surface area contributed by atoms with Gasteiger partial charge in [-0.1, -0.05) is 24.3 Å². The second-order valence-corrected chi connectivity index (χ2v) is 8.17. The minimum absolute atomic E-state index is 0.230. The molecule has 0 fully saturated rings. The molecule has 0 saturated heterocycles. The Morgan fingerprint density at radius 2 is 0.833 bits per heavy atom. The lowest BCUT2D eigenvalue weighted by atomic mass is 9.94. The number of ether oxygens (including phenoxy) is 6. The van der Waals surface area contributed by atoms with Crippen LogP contribution in [-0.4, -0.2) is 64.4 Å². The van der Waals surface area contributed by atoms with Gasteiger partial charge in [-0.2, -0.15) is 0 Å². The van der Waals surface area contributed by atoms with Gasteiger partial charge in [-0.15, -0.1) is 0 Å². The Hall–Kier alpha value is -3.88. The van der Waals surface area contributed by atoms with Gasteiger partial charge >= 0.3 is 0 Å².